The van der Waals surface area contributed by atoms with Gasteiger partial charge >= 0.3 is 5.97 Å². The molecule has 0 radical (unpaired) electrons. The van der Waals surface area contributed by atoms with Gasteiger partial charge in [0.25, 0.3) is 0 Å². The average Bonchev–Trinajstić information content (AvgIpc) is 2.91. The Kier molecular flexibility index (Phi) is 11.3. The third kappa shape index (κ3) is 8.52. The highest BCUT2D eigenvalue weighted by Crippen LogP contribution is 2.37. The zero-order valence-corrected chi connectivity index (χ0v) is 22.1. The monoisotopic (exact) mass is 508 g/mol. The van der Waals surface area contributed by atoms with Crippen LogP contribution in [0.2, 0.25) is 0 Å². The van der Waals surface area contributed by atoms with Gasteiger partial charge in [0.15, 0.2) is 0 Å². The van der Waals surface area contributed by atoms with Crippen molar-refractivity contribution in [1.82, 2.24) is 0 Å². The van der Waals surface area contributed by atoms with E-state index in [0.29, 0.717) is 44.8 Å². The van der Waals surface area contributed by atoms with Crippen LogP contribution >= 0.6 is 0 Å². The van der Waals surface area contributed by atoms with Gasteiger partial charge in [0.1, 0.15) is 23.1 Å². The van der Waals surface area contributed by atoms with E-state index in [2.05, 4.69) is 13.0 Å². The van der Waals surface area contributed by atoms with E-state index in [1.54, 1.807) is 26.2 Å². The average molecular weight is 509 g/mol. The summed E-state index contributed by atoms with van der Waals surface area (Å²) in [5.74, 6) is 1.79. The number of aryl methyl sites for hydroxylation is 2. The summed E-state index contributed by atoms with van der Waals surface area (Å²) in [7, 11) is 1.63. The number of benzene rings is 3. The molecule has 0 aliphatic heterocycles. The first-order valence-electron chi connectivity index (χ1n) is 13.0. The number of hydrogen-bond donors (Lipinski definition) is 0. The van der Waals surface area contributed by atoms with Gasteiger partial charge in [-0.25, -0.2) is 4.39 Å². The molecule has 198 valence electrons. The molecule has 0 fully saturated rings. The van der Waals surface area contributed by atoms with Crippen LogP contribution in [-0.4, -0.2) is 32.9 Å². The van der Waals surface area contributed by atoms with E-state index in [0.717, 1.165) is 53.0 Å². The Labute approximate surface area is 219 Å². The third-order valence-corrected chi connectivity index (χ3v) is 6.02. The lowest BCUT2D eigenvalue weighted by Crippen LogP contribution is -2.09. The number of hydrogen-bond acceptors (Lipinski definition) is 5. The number of halogens is 1. The Hall–Kier alpha value is -3.54. The molecule has 0 spiro atoms. The summed E-state index contributed by atoms with van der Waals surface area (Å²) in [5.41, 5.74) is 3.91. The first kappa shape index (κ1) is 28.0. The lowest BCUT2D eigenvalue weighted by molar-refractivity contribution is -0.143. The highest BCUT2D eigenvalue weighted by molar-refractivity contribution is 5.73. The van der Waals surface area contributed by atoms with Crippen molar-refractivity contribution >= 4 is 5.97 Å². The van der Waals surface area contributed by atoms with E-state index in [1.807, 2.05) is 30.3 Å². The molecule has 0 amide bonds. The van der Waals surface area contributed by atoms with Crippen LogP contribution in [0.1, 0.15) is 50.7 Å². The highest BCUT2D eigenvalue weighted by atomic mass is 19.1. The van der Waals surface area contributed by atoms with E-state index in [9.17, 15) is 9.18 Å². The summed E-state index contributed by atoms with van der Waals surface area (Å²) in [4.78, 5) is 11.7. The number of unbranched alkanes of at least 4 members (excludes halogenated alkanes) is 1. The molecule has 3 rings (SSSR count). The number of methoxy groups -OCH3 is 1. The van der Waals surface area contributed by atoms with Gasteiger partial charge in [-0.1, -0.05) is 43.7 Å². The van der Waals surface area contributed by atoms with E-state index < -0.39 is 0 Å². The SMILES string of the molecule is CCCCc1cc(-c2ccc(F)cc2)c(OC)cc1OCCCOc1ccccc1CCC(=O)OCC. The molecule has 3 aromatic rings. The van der Waals surface area contributed by atoms with Gasteiger partial charge in [-0.3, -0.25) is 4.79 Å². The van der Waals surface area contributed by atoms with Crippen LogP contribution in [0, 0.1) is 5.82 Å². The lowest BCUT2D eigenvalue weighted by Gasteiger charge is -2.17. The largest absolute Gasteiger partial charge is 0.496 e. The van der Waals surface area contributed by atoms with Crippen LogP contribution in [0.25, 0.3) is 11.1 Å². The van der Waals surface area contributed by atoms with Crippen molar-refractivity contribution in [1.29, 1.82) is 0 Å². The van der Waals surface area contributed by atoms with Crippen LogP contribution in [0.3, 0.4) is 0 Å². The van der Waals surface area contributed by atoms with Gasteiger partial charge in [0.2, 0.25) is 0 Å². The van der Waals surface area contributed by atoms with E-state index in [1.165, 1.54) is 12.1 Å². The van der Waals surface area contributed by atoms with Gasteiger partial charge in [-0.05, 0) is 67.1 Å². The number of ether oxygens (including phenoxy) is 4. The van der Waals surface area contributed by atoms with Crippen molar-refractivity contribution in [3.8, 4) is 28.4 Å². The fourth-order valence-corrected chi connectivity index (χ4v) is 4.07. The second kappa shape index (κ2) is 14.9. The summed E-state index contributed by atoms with van der Waals surface area (Å²) in [5, 5.41) is 0. The number of carbonyl (C=O) groups is 1. The van der Waals surface area contributed by atoms with E-state index in [4.69, 9.17) is 18.9 Å². The second-order valence-electron chi connectivity index (χ2n) is 8.73. The van der Waals surface area contributed by atoms with Crippen LogP contribution in [0.5, 0.6) is 17.2 Å². The summed E-state index contributed by atoms with van der Waals surface area (Å²) in [6, 6.07) is 18.2. The summed E-state index contributed by atoms with van der Waals surface area (Å²) >= 11 is 0. The van der Waals surface area contributed by atoms with Gasteiger partial charge in [-0.2, -0.15) is 0 Å². The maximum absolute atomic E-state index is 13.4. The Balaban J connectivity index is 1.62. The number of carbonyl (C=O) groups excluding carboxylic acids is 1. The van der Waals surface area contributed by atoms with Crippen molar-refractivity contribution in [3.63, 3.8) is 0 Å². The molecule has 0 N–H and O–H groups in total. The van der Waals surface area contributed by atoms with Crippen molar-refractivity contribution in [2.75, 3.05) is 26.9 Å². The minimum atomic E-state index is -0.266. The lowest BCUT2D eigenvalue weighted by atomic mass is 9.98. The first-order chi connectivity index (χ1) is 18.0. The predicted molar refractivity (Wildman–Crippen MR) is 144 cm³/mol. The van der Waals surface area contributed by atoms with Crippen LogP contribution in [0.4, 0.5) is 4.39 Å². The number of rotatable bonds is 15. The van der Waals surface area contributed by atoms with Crippen LogP contribution in [0.15, 0.2) is 60.7 Å². The fraction of sp³-hybridized carbons (Fsp3) is 0.387. The zero-order chi connectivity index (χ0) is 26.5. The first-order valence-corrected chi connectivity index (χ1v) is 13.0. The van der Waals surface area contributed by atoms with Crippen molar-refractivity contribution in [3.05, 3.63) is 77.6 Å². The molecule has 0 bridgehead atoms. The molecule has 0 aromatic heterocycles. The van der Waals surface area contributed by atoms with E-state index >= 15 is 0 Å². The molecule has 3 aromatic carbocycles. The van der Waals surface area contributed by atoms with Crippen LogP contribution in [-0.2, 0) is 22.4 Å². The smallest absolute Gasteiger partial charge is 0.306 e. The molecular formula is C31H37FO5. The minimum absolute atomic E-state index is 0.203. The molecule has 37 heavy (non-hydrogen) atoms. The van der Waals surface area contributed by atoms with Crippen molar-refractivity contribution < 1.29 is 28.1 Å². The standard InChI is InChI=1S/C31H37FO5/c1-4-6-10-25-21-27(23-13-16-26(32)17-14-23)30(34-3)22-29(25)37-20-9-19-36-28-12-8-7-11-24(28)15-18-31(33)35-5-2/h7-8,11-14,16-17,21-22H,4-6,9-10,15,18-20H2,1-3H3. The van der Waals surface area contributed by atoms with Crippen molar-refractivity contribution in [2.45, 2.75) is 52.4 Å². The number of esters is 1. The molecule has 6 heteroatoms. The maximum atomic E-state index is 13.4. The molecule has 0 saturated carbocycles. The Morgan fingerprint density at radius 1 is 0.811 bits per heavy atom. The zero-order valence-electron chi connectivity index (χ0n) is 22.1. The summed E-state index contributed by atoms with van der Waals surface area (Å²) < 4.78 is 36.3. The molecule has 0 saturated heterocycles. The predicted octanol–water partition coefficient (Wildman–Crippen LogP) is 7.19. The van der Waals surface area contributed by atoms with Gasteiger partial charge < -0.3 is 18.9 Å². The third-order valence-electron chi connectivity index (χ3n) is 6.02. The molecule has 0 heterocycles. The van der Waals surface area contributed by atoms with E-state index in [-0.39, 0.29) is 11.8 Å². The van der Waals surface area contributed by atoms with Gasteiger partial charge in [0.05, 0.1) is 26.9 Å². The quantitative estimate of drug-likeness (QED) is 0.161. The molecule has 5 nitrogen and oxygen atoms in total. The highest BCUT2D eigenvalue weighted by Gasteiger charge is 2.14. The normalized spacial score (nSPS) is 10.7. The minimum Gasteiger partial charge on any atom is -0.496 e. The maximum Gasteiger partial charge on any atom is 0.306 e. The molecule has 0 atom stereocenters. The summed E-state index contributed by atoms with van der Waals surface area (Å²) in [6.07, 6.45) is 4.59. The van der Waals surface area contributed by atoms with Gasteiger partial charge in [0, 0.05) is 24.5 Å². The fourth-order valence-electron chi connectivity index (χ4n) is 4.07. The van der Waals surface area contributed by atoms with Crippen LogP contribution < -0.4 is 14.2 Å². The molecule has 0 aliphatic carbocycles. The molecular weight excluding hydrogens is 471 g/mol. The van der Waals surface area contributed by atoms with Crippen molar-refractivity contribution in [2.24, 2.45) is 0 Å². The molecule has 0 unspecified atom stereocenters. The topological polar surface area (TPSA) is 54.0 Å². The Morgan fingerprint density at radius 2 is 1.54 bits per heavy atom. The number of para-hydroxylation sites is 1. The molecule has 0 aliphatic rings. The second-order valence-corrected chi connectivity index (χ2v) is 8.73. The Morgan fingerprint density at radius 3 is 2.24 bits per heavy atom. The van der Waals surface area contributed by atoms with Gasteiger partial charge in [-0.15, -0.1) is 0 Å². The summed E-state index contributed by atoms with van der Waals surface area (Å²) in [6.45, 7) is 5.33. The Bertz CT molecular complexity index is 1130.